The normalized spacial score (nSPS) is 21.4. The molecule has 1 atom stereocenters. The summed E-state index contributed by atoms with van der Waals surface area (Å²) in [5.41, 5.74) is 2.43. The predicted molar refractivity (Wildman–Crippen MR) is 87.5 cm³/mol. The Morgan fingerprint density at radius 1 is 1.32 bits per heavy atom. The first kappa shape index (κ1) is 15.3. The van der Waals surface area contributed by atoms with Gasteiger partial charge in [0, 0.05) is 18.2 Å². The van der Waals surface area contributed by atoms with Crippen molar-refractivity contribution in [3.05, 3.63) is 24.1 Å². The second-order valence-corrected chi connectivity index (χ2v) is 6.04. The Labute approximate surface area is 135 Å². The fourth-order valence-corrected chi connectivity index (χ4v) is 2.85. The van der Waals surface area contributed by atoms with Crippen molar-refractivity contribution in [2.75, 3.05) is 18.4 Å². The fraction of sp³-hybridized carbons (Fsp3) is 0.500. The summed E-state index contributed by atoms with van der Waals surface area (Å²) in [5.74, 6) is 1.50. The van der Waals surface area contributed by atoms with Gasteiger partial charge < -0.3 is 15.1 Å². The summed E-state index contributed by atoms with van der Waals surface area (Å²) in [6, 6.07) is 5.68. The fourth-order valence-electron chi connectivity index (χ4n) is 2.85. The third kappa shape index (κ3) is 3.10. The summed E-state index contributed by atoms with van der Waals surface area (Å²) < 4.78 is 5.73. The maximum Gasteiger partial charge on any atom is 0.228 e. The molecule has 5 nitrogen and oxygen atoms in total. The van der Waals surface area contributed by atoms with Crippen molar-refractivity contribution in [1.29, 1.82) is 0 Å². The summed E-state index contributed by atoms with van der Waals surface area (Å²) in [6.07, 6.45) is 4.36. The molecule has 2 aromatic rings. The summed E-state index contributed by atoms with van der Waals surface area (Å²) in [4.78, 5) is 16.8. The number of amides is 1. The van der Waals surface area contributed by atoms with Gasteiger partial charge in [-0.05, 0) is 50.4 Å². The minimum absolute atomic E-state index is 0. The number of carbonyl (C=O) groups excluding carboxylic acids is 1. The van der Waals surface area contributed by atoms with Crippen molar-refractivity contribution in [2.45, 2.75) is 31.6 Å². The number of halogens is 1. The molecule has 1 aromatic carbocycles. The lowest BCUT2D eigenvalue weighted by Gasteiger charge is -2.21. The van der Waals surface area contributed by atoms with E-state index in [1.165, 1.54) is 12.8 Å². The minimum Gasteiger partial charge on any atom is -0.440 e. The van der Waals surface area contributed by atoms with E-state index in [1.807, 2.05) is 18.2 Å². The molecule has 0 unspecified atom stereocenters. The summed E-state index contributed by atoms with van der Waals surface area (Å²) in [6.45, 7) is 1.78. The molecule has 22 heavy (non-hydrogen) atoms. The largest absolute Gasteiger partial charge is 0.440 e. The Kier molecular flexibility index (Phi) is 4.36. The van der Waals surface area contributed by atoms with Crippen molar-refractivity contribution < 1.29 is 9.21 Å². The van der Waals surface area contributed by atoms with Crippen LogP contribution in [0, 0.1) is 5.92 Å². The molecule has 2 fully saturated rings. The molecule has 1 amide bonds. The van der Waals surface area contributed by atoms with Gasteiger partial charge in [0.25, 0.3) is 0 Å². The summed E-state index contributed by atoms with van der Waals surface area (Å²) in [5, 5.41) is 6.26. The second kappa shape index (κ2) is 6.26. The van der Waals surface area contributed by atoms with Gasteiger partial charge in [-0.3, -0.25) is 4.79 Å². The van der Waals surface area contributed by atoms with Crippen LogP contribution in [0.1, 0.15) is 37.5 Å². The molecule has 2 aliphatic rings. The standard InChI is InChI=1S/C16H19N3O2.ClH/c20-15(11-2-1-7-17-9-11)18-12-5-6-14-13(8-12)19-16(21-14)10-3-4-10;/h5-6,8,10-11,17H,1-4,7,9H2,(H,18,20);1H/t11-;/m1./s1. The SMILES string of the molecule is Cl.O=C(Nc1ccc2oc(C3CC3)nc2c1)[C@@H]1CCCNC1. The lowest BCUT2D eigenvalue weighted by Crippen LogP contribution is -2.37. The van der Waals surface area contributed by atoms with Gasteiger partial charge >= 0.3 is 0 Å². The van der Waals surface area contributed by atoms with Crippen LogP contribution in [0.25, 0.3) is 11.1 Å². The highest BCUT2D eigenvalue weighted by molar-refractivity contribution is 5.94. The molecule has 1 saturated heterocycles. The van der Waals surface area contributed by atoms with Crippen LogP contribution in [-0.4, -0.2) is 24.0 Å². The van der Waals surface area contributed by atoms with Crippen LogP contribution in [0.15, 0.2) is 22.6 Å². The number of anilines is 1. The van der Waals surface area contributed by atoms with Gasteiger partial charge in [0.1, 0.15) is 5.52 Å². The molecule has 1 saturated carbocycles. The van der Waals surface area contributed by atoms with Crippen LogP contribution < -0.4 is 10.6 Å². The number of hydrogen-bond acceptors (Lipinski definition) is 4. The van der Waals surface area contributed by atoms with E-state index in [9.17, 15) is 4.79 Å². The number of carbonyl (C=O) groups is 1. The maximum atomic E-state index is 12.2. The molecule has 6 heteroatoms. The Morgan fingerprint density at radius 2 is 2.18 bits per heavy atom. The van der Waals surface area contributed by atoms with E-state index in [1.54, 1.807) is 0 Å². The first-order valence-electron chi connectivity index (χ1n) is 7.72. The predicted octanol–water partition coefficient (Wildman–Crippen LogP) is 3.07. The number of fused-ring (bicyclic) bond motifs is 1. The topological polar surface area (TPSA) is 67.2 Å². The lowest BCUT2D eigenvalue weighted by atomic mass is 9.99. The van der Waals surface area contributed by atoms with Gasteiger partial charge in [-0.1, -0.05) is 0 Å². The molecule has 118 valence electrons. The maximum absolute atomic E-state index is 12.2. The zero-order valence-electron chi connectivity index (χ0n) is 12.3. The van der Waals surface area contributed by atoms with E-state index in [0.29, 0.717) is 5.92 Å². The highest BCUT2D eigenvalue weighted by Gasteiger charge is 2.29. The van der Waals surface area contributed by atoms with Crippen LogP contribution in [0.5, 0.6) is 0 Å². The van der Waals surface area contributed by atoms with Gasteiger partial charge in [0.2, 0.25) is 5.91 Å². The second-order valence-electron chi connectivity index (χ2n) is 6.04. The van der Waals surface area contributed by atoms with Gasteiger partial charge in [-0.2, -0.15) is 0 Å². The molecule has 2 N–H and O–H groups in total. The molecule has 1 aliphatic heterocycles. The van der Waals surface area contributed by atoms with E-state index in [2.05, 4.69) is 15.6 Å². The van der Waals surface area contributed by atoms with E-state index in [0.717, 1.165) is 48.6 Å². The molecule has 2 heterocycles. The zero-order valence-corrected chi connectivity index (χ0v) is 13.1. The minimum atomic E-state index is 0. The number of oxazole rings is 1. The Bertz CT molecular complexity index is 675. The third-order valence-electron chi connectivity index (χ3n) is 4.27. The van der Waals surface area contributed by atoms with Crippen LogP contribution in [0.2, 0.25) is 0 Å². The van der Waals surface area contributed by atoms with Crippen LogP contribution in [0.3, 0.4) is 0 Å². The highest BCUT2D eigenvalue weighted by Crippen LogP contribution is 2.40. The quantitative estimate of drug-likeness (QED) is 0.911. The molecule has 4 rings (SSSR count). The molecular formula is C16H20ClN3O2. The number of benzene rings is 1. The zero-order chi connectivity index (χ0) is 14.2. The summed E-state index contributed by atoms with van der Waals surface area (Å²) in [7, 11) is 0. The summed E-state index contributed by atoms with van der Waals surface area (Å²) >= 11 is 0. The molecule has 1 aliphatic carbocycles. The van der Waals surface area contributed by atoms with Crippen LogP contribution in [-0.2, 0) is 4.79 Å². The average Bonchev–Trinajstić information content (AvgIpc) is 3.28. The van der Waals surface area contributed by atoms with Crippen molar-refractivity contribution in [1.82, 2.24) is 10.3 Å². The van der Waals surface area contributed by atoms with Gasteiger partial charge in [-0.15, -0.1) is 12.4 Å². The number of piperidine rings is 1. The van der Waals surface area contributed by atoms with Crippen LogP contribution >= 0.6 is 12.4 Å². The van der Waals surface area contributed by atoms with Crippen molar-refractivity contribution in [3.8, 4) is 0 Å². The van der Waals surface area contributed by atoms with E-state index < -0.39 is 0 Å². The molecule has 0 spiro atoms. The van der Waals surface area contributed by atoms with Crippen LogP contribution in [0.4, 0.5) is 5.69 Å². The number of hydrogen-bond donors (Lipinski definition) is 2. The highest BCUT2D eigenvalue weighted by atomic mass is 35.5. The number of nitrogens with one attached hydrogen (secondary N) is 2. The molecule has 1 aromatic heterocycles. The number of aromatic nitrogens is 1. The lowest BCUT2D eigenvalue weighted by molar-refractivity contribution is -0.120. The first-order chi connectivity index (χ1) is 10.3. The monoisotopic (exact) mass is 321 g/mol. The third-order valence-corrected chi connectivity index (χ3v) is 4.27. The molecular weight excluding hydrogens is 302 g/mol. The average molecular weight is 322 g/mol. The Morgan fingerprint density at radius 3 is 2.91 bits per heavy atom. The Balaban J connectivity index is 0.00000144. The Hall–Kier alpha value is -1.59. The van der Waals surface area contributed by atoms with Crippen molar-refractivity contribution in [3.63, 3.8) is 0 Å². The van der Waals surface area contributed by atoms with E-state index in [4.69, 9.17) is 4.42 Å². The number of rotatable bonds is 3. The molecule has 0 radical (unpaired) electrons. The first-order valence-corrected chi connectivity index (χ1v) is 7.72. The van der Waals surface area contributed by atoms with E-state index in [-0.39, 0.29) is 24.2 Å². The molecule has 0 bridgehead atoms. The van der Waals surface area contributed by atoms with Gasteiger partial charge in [0.05, 0.1) is 5.92 Å². The number of nitrogens with zero attached hydrogens (tertiary/aromatic N) is 1. The van der Waals surface area contributed by atoms with Crippen molar-refractivity contribution >= 4 is 35.1 Å². The van der Waals surface area contributed by atoms with Gasteiger partial charge in [0.15, 0.2) is 11.5 Å². The van der Waals surface area contributed by atoms with Gasteiger partial charge in [-0.25, -0.2) is 4.98 Å². The van der Waals surface area contributed by atoms with Crippen molar-refractivity contribution in [2.24, 2.45) is 5.92 Å². The van der Waals surface area contributed by atoms with E-state index >= 15 is 0 Å². The smallest absolute Gasteiger partial charge is 0.228 e.